The highest BCUT2D eigenvalue weighted by molar-refractivity contribution is 6.04. The number of aromatic nitrogens is 1. The van der Waals surface area contributed by atoms with Crippen LogP contribution in [-0.2, 0) is 11.2 Å². The predicted octanol–water partition coefficient (Wildman–Crippen LogP) is 1.83. The van der Waals surface area contributed by atoms with E-state index in [9.17, 15) is 4.79 Å². The van der Waals surface area contributed by atoms with Gasteiger partial charge in [-0.3, -0.25) is 14.8 Å². The molecule has 1 saturated heterocycles. The lowest BCUT2D eigenvalue weighted by atomic mass is 9.95. The summed E-state index contributed by atoms with van der Waals surface area (Å²) in [5.41, 5.74) is 2.73. The Labute approximate surface area is 113 Å². The number of pyridine rings is 1. The molecule has 0 radical (unpaired) electrons. The molecule has 2 aliphatic heterocycles. The summed E-state index contributed by atoms with van der Waals surface area (Å²) in [6, 6.07) is 4.13. The van der Waals surface area contributed by atoms with Gasteiger partial charge in [0.15, 0.2) is 0 Å². The molecule has 0 N–H and O–H groups in total. The summed E-state index contributed by atoms with van der Waals surface area (Å²) in [4.78, 5) is 23.2. The topological polar surface area (TPSA) is 45.6 Å². The second kappa shape index (κ2) is 4.44. The van der Waals surface area contributed by atoms with Crippen molar-refractivity contribution in [1.29, 1.82) is 0 Å². The normalized spacial score (nSPS) is 26.3. The van der Waals surface area contributed by atoms with Crippen molar-refractivity contribution in [2.75, 3.05) is 13.6 Å². The highest BCUT2D eigenvalue weighted by atomic mass is 16.2. The third-order valence-corrected chi connectivity index (χ3v) is 4.26. The van der Waals surface area contributed by atoms with Gasteiger partial charge in [0, 0.05) is 19.8 Å². The lowest BCUT2D eigenvalue weighted by molar-refractivity contribution is -0.130. The van der Waals surface area contributed by atoms with Crippen LogP contribution >= 0.6 is 0 Å². The second-order valence-electron chi connectivity index (χ2n) is 5.47. The van der Waals surface area contributed by atoms with Crippen molar-refractivity contribution in [3.8, 4) is 0 Å². The highest BCUT2D eigenvalue weighted by Gasteiger charge is 2.48. The van der Waals surface area contributed by atoms with Crippen LogP contribution < -0.4 is 0 Å². The maximum absolute atomic E-state index is 12.2. The molecule has 3 rings (SSSR count). The fraction of sp³-hybridized carbons (Fsp3) is 0.533. The zero-order valence-electron chi connectivity index (χ0n) is 11.5. The lowest BCUT2D eigenvalue weighted by Gasteiger charge is -2.16. The average Bonchev–Trinajstić information content (AvgIpc) is 3.00. The van der Waals surface area contributed by atoms with Crippen molar-refractivity contribution in [2.45, 2.75) is 38.1 Å². The van der Waals surface area contributed by atoms with Crippen LogP contribution in [0.2, 0.25) is 0 Å². The van der Waals surface area contributed by atoms with Crippen LogP contribution in [0.5, 0.6) is 0 Å². The summed E-state index contributed by atoms with van der Waals surface area (Å²) >= 11 is 0. The summed E-state index contributed by atoms with van der Waals surface area (Å²) < 4.78 is 0. The molecule has 1 fully saturated rings. The third kappa shape index (κ3) is 1.95. The number of aryl methyl sites for hydroxylation is 1. The summed E-state index contributed by atoms with van der Waals surface area (Å²) in [7, 11) is 1.86. The van der Waals surface area contributed by atoms with Gasteiger partial charge in [-0.15, -0.1) is 0 Å². The minimum absolute atomic E-state index is 0.175. The van der Waals surface area contributed by atoms with Crippen molar-refractivity contribution < 1.29 is 4.79 Å². The van der Waals surface area contributed by atoms with E-state index in [0.717, 1.165) is 43.6 Å². The first-order chi connectivity index (χ1) is 9.14. The van der Waals surface area contributed by atoms with Crippen LogP contribution in [-0.4, -0.2) is 40.6 Å². The van der Waals surface area contributed by atoms with Crippen LogP contribution in [0.3, 0.4) is 0 Å². The Morgan fingerprint density at radius 3 is 2.95 bits per heavy atom. The quantitative estimate of drug-likeness (QED) is 0.811. The predicted molar refractivity (Wildman–Crippen MR) is 74.4 cm³/mol. The first kappa shape index (κ1) is 12.3. The van der Waals surface area contributed by atoms with E-state index in [2.05, 4.69) is 18.0 Å². The van der Waals surface area contributed by atoms with Gasteiger partial charge >= 0.3 is 0 Å². The number of hydrogen-bond acceptors (Lipinski definition) is 3. The van der Waals surface area contributed by atoms with Gasteiger partial charge in [0.1, 0.15) is 5.54 Å². The highest BCUT2D eigenvalue weighted by Crippen LogP contribution is 2.36. The summed E-state index contributed by atoms with van der Waals surface area (Å²) in [5, 5.41) is 0. The second-order valence-corrected chi connectivity index (χ2v) is 5.47. The minimum Gasteiger partial charge on any atom is -0.344 e. The molecule has 100 valence electrons. The molecule has 0 saturated carbocycles. The third-order valence-electron chi connectivity index (χ3n) is 4.26. The molecule has 2 aliphatic rings. The van der Waals surface area contributed by atoms with Gasteiger partial charge in [-0.05, 0) is 43.4 Å². The largest absolute Gasteiger partial charge is 0.344 e. The maximum atomic E-state index is 12.2. The van der Waals surface area contributed by atoms with Gasteiger partial charge in [-0.25, -0.2) is 0 Å². The van der Waals surface area contributed by atoms with Crippen LogP contribution in [0.1, 0.15) is 37.4 Å². The maximum Gasteiger partial charge on any atom is 0.250 e. The molecule has 1 amide bonds. The van der Waals surface area contributed by atoms with Gasteiger partial charge in [0.2, 0.25) is 5.91 Å². The van der Waals surface area contributed by atoms with Crippen LogP contribution in [0.25, 0.3) is 0 Å². The zero-order chi connectivity index (χ0) is 13.5. The summed E-state index contributed by atoms with van der Waals surface area (Å²) in [6.45, 7) is 2.95. The molecular formula is C15H19N3O. The Balaban J connectivity index is 1.93. The molecule has 4 nitrogen and oxygen atoms in total. The zero-order valence-corrected chi connectivity index (χ0v) is 11.5. The van der Waals surface area contributed by atoms with E-state index in [-0.39, 0.29) is 5.91 Å². The van der Waals surface area contributed by atoms with Gasteiger partial charge in [0.25, 0.3) is 0 Å². The fourth-order valence-electron chi connectivity index (χ4n) is 2.98. The standard InChI is InChI=1S/C15H19N3O/c1-3-11-5-8-16-13(10-11)12-4-6-15(17-12)7-9-18(2)14(15)19/h5,8,10H,3-4,6-7,9H2,1-2H3. The Bertz CT molecular complexity index is 552. The monoisotopic (exact) mass is 257 g/mol. The van der Waals surface area contributed by atoms with Gasteiger partial charge in [-0.1, -0.05) is 6.92 Å². The molecule has 1 atom stereocenters. The van der Waals surface area contributed by atoms with Crippen molar-refractivity contribution in [3.63, 3.8) is 0 Å². The van der Waals surface area contributed by atoms with E-state index in [0.29, 0.717) is 0 Å². The first-order valence-corrected chi connectivity index (χ1v) is 6.94. The Morgan fingerprint density at radius 1 is 1.42 bits per heavy atom. The van der Waals surface area contributed by atoms with E-state index in [1.54, 1.807) is 4.90 Å². The smallest absolute Gasteiger partial charge is 0.250 e. The van der Waals surface area contributed by atoms with Crippen molar-refractivity contribution >= 4 is 11.6 Å². The van der Waals surface area contributed by atoms with E-state index in [1.165, 1.54) is 5.56 Å². The van der Waals surface area contributed by atoms with E-state index < -0.39 is 5.54 Å². The first-order valence-electron chi connectivity index (χ1n) is 6.94. The fourth-order valence-corrected chi connectivity index (χ4v) is 2.98. The van der Waals surface area contributed by atoms with Gasteiger partial charge in [-0.2, -0.15) is 0 Å². The Morgan fingerprint density at radius 2 is 2.26 bits per heavy atom. The molecule has 0 aliphatic carbocycles. The summed E-state index contributed by atoms with van der Waals surface area (Å²) in [6.07, 6.45) is 5.38. The summed E-state index contributed by atoms with van der Waals surface area (Å²) in [5.74, 6) is 0.175. The molecule has 4 heteroatoms. The molecule has 1 aromatic heterocycles. The molecule has 3 heterocycles. The lowest BCUT2D eigenvalue weighted by Crippen LogP contribution is -2.35. The number of rotatable bonds is 2. The number of likely N-dealkylation sites (N-methyl/N-ethyl adjacent to an activating group) is 1. The average molecular weight is 257 g/mol. The number of carbonyl (C=O) groups excluding carboxylic acids is 1. The van der Waals surface area contributed by atoms with Gasteiger partial charge < -0.3 is 4.90 Å². The minimum atomic E-state index is -0.478. The molecule has 1 unspecified atom stereocenters. The van der Waals surface area contributed by atoms with E-state index in [4.69, 9.17) is 4.99 Å². The SMILES string of the molecule is CCc1ccnc(C2=NC3(CC2)CCN(C)C3=O)c1. The number of carbonyl (C=O) groups is 1. The van der Waals surface area contributed by atoms with Crippen molar-refractivity contribution in [2.24, 2.45) is 4.99 Å². The van der Waals surface area contributed by atoms with Crippen molar-refractivity contribution in [3.05, 3.63) is 29.6 Å². The Kier molecular flexibility index (Phi) is 2.88. The molecule has 1 spiro atoms. The molecule has 0 aromatic carbocycles. The number of hydrogen-bond donors (Lipinski definition) is 0. The van der Waals surface area contributed by atoms with Crippen molar-refractivity contribution in [1.82, 2.24) is 9.88 Å². The van der Waals surface area contributed by atoms with Crippen LogP contribution in [0, 0.1) is 0 Å². The molecule has 19 heavy (non-hydrogen) atoms. The molecule has 0 bridgehead atoms. The Hall–Kier alpha value is -1.71. The van der Waals surface area contributed by atoms with E-state index in [1.807, 2.05) is 19.3 Å². The molecule has 1 aromatic rings. The number of amides is 1. The number of aliphatic imine (C=N–C) groups is 1. The number of nitrogens with zero attached hydrogens (tertiary/aromatic N) is 3. The van der Waals surface area contributed by atoms with Crippen LogP contribution in [0.4, 0.5) is 0 Å². The van der Waals surface area contributed by atoms with E-state index >= 15 is 0 Å². The number of likely N-dealkylation sites (tertiary alicyclic amines) is 1. The van der Waals surface area contributed by atoms with Gasteiger partial charge in [0.05, 0.1) is 11.4 Å². The van der Waals surface area contributed by atoms with Crippen LogP contribution in [0.15, 0.2) is 23.3 Å². The molecular weight excluding hydrogens is 238 g/mol.